The van der Waals surface area contributed by atoms with E-state index >= 15 is 0 Å². The van der Waals surface area contributed by atoms with Crippen molar-refractivity contribution in [2.45, 2.75) is 27.2 Å². The van der Waals surface area contributed by atoms with Gasteiger partial charge in [0.25, 0.3) is 0 Å². The molecule has 1 aromatic rings. The first kappa shape index (κ1) is 15.2. The molecule has 0 aliphatic carbocycles. The van der Waals surface area contributed by atoms with Gasteiger partial charge < -0.3 is 19.8 Å². The summed E-state index contributed by atoms with van der Waals surface area (Å²) in [6.07, 6.45) is 1.83. The molecule has 2 N–H and O–H groups in total. The van der Waals surface area contributed by atoms with Crippen LogP contribution in [0.15, 0.2) is 6.20 Å². The van der Waals surface area contributed by atoms with Crippen LogP contribution in [-0.2, 0) is 14.3 Å². The van der Waals surface area contributed by atoms with Gasteiger partial charge in [-0.25, -0.2) is 4.79 Å². The van der Waals surface area contributed by atoms with Crippen molar-refractivity contribution in [2.75, 3.05) is 25.1 Å². The SMILES string of the molecule is CCOCCC(=O)Nc1c[nH]c(C)c1C(=O)OCC. The molecule has 19 heavy (non-hydrogen) atoms. The maximum absolute atomic E-state index is 11.8. The fourth-order valence-corrected chi connectivity index (χ4v) is 1.61. The van der Waals surface area contributed by atoms with E-state index in [1.165, 1.54) is 0 Å². The number of rotatable bonds is 7. The van der Waals surface area contributed by atoms with E-state index in [1.54, 1.807) is 20.0 Å². The largest absolute Gasteiger partial charge is 0.462 e. The number of aromatic nitrogens is 1. The van der Waals surface area contributed by atoms with Crippen molar-refractivity contribution in [1.82, 2.24) is 4.98 Å². The van der Waals surface area contributed by atoms with Crippen LogP contribution in [0, 0.1) is 6.92 Å². The van der Waals surface area contributed by atoms with E-state index in [0.717, 1.165) is 0 Å². The average molecular weight is 268 g/mol. The Bertz CT molecular complexity index is 440. The molecular weight excluding hydrogens is 248 g/mol. The minimum absolute atomic E-state index is 0.196. The highest BCUT2D eigenvalue weighted by Gasteiger charge is 2.18. The summed E-state index contributed by atoms with van der Waals surface area (Å²) < 4.78 is 10.1. The zero-order valence-corrected chi connectivity index (χ0v) is 11.5. The third-order valence-corrected chi connectivity index (χ3v) is 2.51. The smallest absolute Gasteiger partial charge is 0.342 e. The molecule has 0 bridgehead atoms. The number of esters is 1. The van der Waals surface area contributed by atoms with Crippen molar-refractivity contribution in [1.29, 1.82) is 0 Å². The van der Waals surface area contributed by atoms with Gasteiger partial charge in [-0.3, -0.25) is 4.79 Å². The van der Waals surface area contributed by atoms with E-state index in [-0.39, 0.29) is 12.3 Å². The lowest BCUT2D eigenvalue weighted by molar-refractivity contribution is -0.117. The van der Waals surface area contributed by atoms with Gasteiger partial charge in [0.15, 0.2) is 0 Å². The molecule has 6 nitrogen and oxygen atoms in total. The van der Waals surface area contributed by atoms with Gasteiger partial charge in [0.1, 0.15) is 5.56 Å². The molecule has 0 atom stereocenters. The number of nitrogens with one attached hydrogen (secondary N) is 2. The molecule has 0 aliphatic rings. The summed E-state index contributed by atoms with van der Waals surface area (Å²) in [5.74, 6) is -0.639. The van der Waals surface area contributed by atoms with E-state index in [9.17, 15) is 9.59 Å². The monoisotopic (exact) mass is 268 g/mol. The summed E-state index contributed by atoms with van der Waals surface area (Å²) in [6.45, 7) is 6.58. The molecule has 6 heteroatoms. The summed E-state index contributed by atoms with van der Waals surface area (Å²) in [6, 6.07) is 0. The van der Waals surface area contributed by atoms with Crippen molar-refractivity contribution < 1.29 is 19.1 Å². The van der Waals surface area contributed by atoms with Crippen LogP contribution in [0.3, 0.4) is 0 Å². The molecule has 1 rings (SSSR count). The van der Waals surface area contributed by atoms with E-state index in [2.05, 4.69) is 10.3 Å². The minimum Gasteiger partial charge on any atom is -0.462 e. The molecule has 0 spiro atoms. The summed E-state index contributed by atoms with van der Waals surface area (Å²) in [4.78, 5) is 26.3. The minimum atomic E-state index is -0.443. The topological polar surface area (TPSA) is 80.4 Å². The number of carbonyl (C=O) groups excluding carboxylic acids is 2. The van der Waals surface area contributed by atoms with Crippen LogP contribution in [-0.4, -0.2) is 36.7 Å². The number of H-pyrrole nitrogens is 1. The van der Waals surface area contributed by atoms with Crippen LogP contribution in [0.2, 0.25) is 0 Å². The van der Waals surface area contributed by atoms with E-state index in [4.69, 9.17) is 9.47 Å². The fourth-order valence-electron chi connectivity index (χ4n) is 1.61. The fraction of sp³-hybridized carbons (Fsp3) is 0.538. The second-order valence-electron chi connectivity index (χ2n) is 3.92. The molecular formula is C13H20N2O4. The van der Waals surface area contributed by atoms with Gasteiger partial charge in [0.05, 0.1) is 25.3 Å². The van der Waals surface area contributed by atoms with E-state index in [0.29, 0.717) is 36.8 Å². The van der Waals surface area contributed by atoms with E-state index in [1.807, 2.05) is 6.92 Å². The highest BCUT2D eigenvalue weighted by molar-refractivity contribution is 6.02. The van der Waals surface area contributed by atoms with Crippen LogP contribution >= 0.6 is 0 Å². The van der Waals surface area contributed by atoms with Crippen LogP contribution in [0.25, 0.3) is 0 Å². The lowest BCUT2D eigenvalue weighted by Crippen LogP contribution is -2.16. The number of anilines is 1. The van der Waals surface area contributed by atoms with Gasteiger partial charge >= 0.3 is 5.97 Å². The van der Waals surface area contributed by atoms with Crippen LogP contribution < -0.4 is 5.32 Å². The Hall–Kier alpha value is -1.82. The molecule has 1 heterocycles. The Balaban J connectivity index is 2.68. The van der Waals surface area contributed by atoms with Crippen molar-refractivity contribution >= 4 is 17.6 Å². The number of carbonyl (C=O) groups is 2. The molecule has 0 saturated heterocycles. The van der Waals surface area contributed by atoms with Crippen LogP contribution in [0.5, 0.6) is 0 Å². The lowest BCUT2D eigenvalue weighted by Gasteiger charge is -2.07. The Morgan fingerprint density at radius 3 is 2.68 bits per heavy atom. The first-order chi connectivity index (χ1) is 9.10. The molecule has 0 aliphatic heterocycles. The quantitative estimate of drug-likeness (QED) is 0.584. The van der Waals surface area contributed by atoms with Gasteiger partial charge in [0, 0.05) is 18.5 Å². The zero-order valence-electron chi connectivity index (χ0n) is 11.5. The number of ether oxygens (including phenoxy) is 2. The number of amides is 1. The molecule has 1 aromatic heterocycles. The van der Waals surface area contributed by atoms with Gasteiger partial charge in [-0.1, -0.05) is 0 Å². The molecule has 0 radical (unpaired) electrons. The lowest BCUT2D eigenvalue weighted by atomic mass is 10.2. The number of aromatic amines is 1. The number of aryl methyl sites for hydroxylation is 1. The van der Waals surface area contributed by atoms with Crippen molar-refractivity contribution in [3.05, 3.63) is 17.5 Å². The number of hydrogen-bond acceptors (Lipinski definition) is 4. The Labute approximate surface area is 112 Å². The second kappa shape index (κ2) is 7.58. The Morgan fingerprint density at radius 2 is 2.05 bits per heavy atom. The first-order valence-electron chi connectivity index (χ1n) is 6.32. The van der Waals surface area contributed by atoms with Crippen molar-refractivity contribution in [2.24, 2.45) is 0 Å². The molecule has 0 aromatic carbocycles. The number of hydrogen-bond donors (Lipinski definition) is 2. The van der Waals surface area contributed by atoms with Gasteiger partial charge in [0.2, 0.25) is 5.91 Å². The highest BCUT2D eigenvalue weighted by atomic mass is 16.5. The van der Waals surface area contributed by atoms with Crippen molar-refractivity contribution in [3.63, 3.8) is 0 Å². The van der Waals surface area contributed by atoms with Crippen LogP contribution in [0.1, 0.15) is 36.3 Å². The van der Waals surface area contributed by atoms with Gasteiger partial charge in [-0.15, -0.1) is 0 Å². The summed E-state index contributed by atoms with van der Waals surface area (Å²) >= 11 is 0. The summed E-state index contributed by atoms with van der Waals surface area (Å²) in [7, 11) is 0. The predicted molar refractivity (Wildman–Crippen MR) is 71.2 cm³/mol. The Morgan fingerprint density at radius 1 is 1.32 bits per heavy atom. The van der Waals surface area contributed by atoms with Gasteiger partial charge in [-0.2, -0.15) is 0 Å². The highest BCUT2D eigenvalue weighted by Crippen LogP contribution is 2.20. The maximum Gasteiger partial charge on any atom is 0.342 e. The average Bonchev–Trinajstić information content (AvgIpc) is 2.71. The molecule has 0 fully saturated rings. The zero-order chi connectivity index (χ0) is 14.3. The molecule has 0 saturated carbocycles. The predicted octanol–water partition coefficient (Wildman–Crippen LogP) is 1.86. The molecule has 1 amide bonds. The normalized spacial score (nSPS) is 10.3. The molecule has 106 valence electrons. The third kappa shape index (κ3) is 4.40. The summed E-state index contributed by atoms with van der Waals surface area (Å²) in [5.41, 5.74) is 1.47. The van der Waals surface area contributed by atoms with E-state index < -0.39 is 5.97 Å². The second-order valence-corrected chi connectivity index (χ2v) is 3.92. The standard InChI is InChI=1S/C13H20N2O4/c1-4-18-7-6-11(16)15-10-8-14-9(3)12(10)13(17)19-5-2/h8,14H,4-7H2,1-3H3,(H,15,16). The first-order valence-corrected chi connectivity index (χ1v) is 6.32. The maximum atomic E-state index is 11.8. The van der Waals surface area contributed by atoms with Crippen LogP contribution in [0.4, 0.5) is 5.69 Å². The van der Waals surface area contributed by atoms with Gasteiger partial charge in [-0.05, 0) is 20.8 Å². The third-order valence-electron chi connectivity index (χ3n) is 2.51. The van der Waals surface area contributed by atoms with Crippen molar-refractivity contribution in [3.8, 4) is 0 Å². The summed E-state index contributed by atoms with van der Waals surface area (Å²) in [5, 5.41) is 2.68. The Kier molecular flexibility index (Phi) is 6.08. The molecule has 0 unspecified atom stereocenters.